The summed E-state index contributed by atoms with van der Waals surface area (Å²) in [5.74, 6) is 0.201. The average Bonchev–Trinajstić information content (AvgIpc) is 3.01. The van der Waals surface area contributed by atoms with E-state index in [1.165, 1.54) is 0 Å². The van der Waals surface area contributed by atoms with Crippen LogP contribution in [-0.2, 0) is 27.5 Å². The van der Waals surface area contributed by atoms with Crippen molar-refractivity contribution in [2.75, 3.05) is 12.0 Å². The molecule has 1 aliphatic rings. The van der Waals surface area contributed by atoms with Crippen LogP contribution in [0.25, 0.3) is 0 Å². The van der Waals surface area contributed by atoms with Crippen molar-refractivity contribution < 1.29 is 28.6 Å². The van der Waals surface area contributed by atoms with Gasteiger partial charge in [-0.3, -0.25) is 4.79 Å². The number of hydrogen-bond donors (Lipinski definition) is 0. The normalized spacial score (nSPS) is 16.0. The van der Waals surface area contributed by atoms with Gasteiger partial charge in [0.2, 0.25) is 0 Å². The third kappa shape index (κ3) is 5.66. The third-order valence-corrected chi connectivity index (χ3v) is 6.64. The predicted octanol–water partition coefficient (Wildman–Crippen LogP) is 6.13. The highest BCUT2D eigenvalue weighted by atomic mass is 16.6. The minimum atomic E-state index is -1.17. The van der Waals surface area contributed by atoms with Gasteiger partial charge in [-0.25, -0.2) is 9.59 Å². The molecule has 1 aliphatic heterocycles. The minimum Gasteiger partial charge on any atom is -0.497 e. The van der Waals surface area contributed by atoms with Gasteiger partial charge in [0.25, 0.3) is 5.91 Å². The summed E-state index contributed by atoms with van der Waals surface area (Å²) in [6.07, 6.45) is -1.92. The van der Waals surface area contributed by atoms with Crippen LogP contribution >= 0.6 is 0 Å². The quantitative estimate of drug-likeness (QED) is 0.252. The molecule has 8 nitrogen and oxygen atoms in total. The van der Waals surface area contributed by atoms with Gasteiger partial charge in [-0.2, -0.15) is 4.90 Å². The fraction of sp³-hybridized carbons (Fsp3) is 0.156. The van der Waals surface area contributed by atoms with Crippen LogP contribution in [0.4, 0.5) is 15.3 Å². The zero-order valence-corrected chi connectivity index (χ0v) is 21.9. The number of imide groups is 1. The van der Waals surface area contributed by atoms with Crippen LogP contribution in [0, 0.1) is 0 Å². The molecule has 40 heavy (non-hydrogen) atoms. The van der Waals surface area contributed by atoms with Crippen molar-refractivity contribution in [2.45, 2.75) is 25.3 Å². The van der Waals surface area contributed by atoms with Gasteiger partial charge in [0, 0.05) is 5.69 Å². The lowest BCUT2D eigenvalue weighted by molar-refractivity contribution is -0.131. The van der Waals surface area contributed by atoms with Crippen LogP contribution in [0.3, 0.4) is 0 Å². The molecule has 0 aromatic heterocycles. The number of ether oxygens (including phenoxy) is 3. The first kappa shape index (κ1) is 26.5. The number of nitrogens with zero attached hydrogens (tertiary/aromatic N) is 2. The van der Waals surface area contributed by atoms with E-state index in [4.69, 9.17) is 14.2 Å². The van der Waals surface area contributed by atoms with Gasteiger partial charge in [-0.05, 0) is 41.0 Å². The van der Waals surface area contributed by atoms with Crippen molar-refractivity contribution in [1.82, 2.24) is 4.90 Å². The molecular weight excluding hydrogens is 508 g/mol. The largest absolute Gasteiger partial charge is 0.497 e. The molecule has 1 heterocycles. The van der Waals surface area contributed by atoms with Gasteiger partial charge in [-0.1, -0.05) is 91.0 Å². The first-order valence-corrected chi connectivity index (χ1v) is 12.8. The van der Waals surface area contributed by atoms with E-state index in [9.17, 15) is 14.4 Å². The van der Waals surface area contributed by atoms with Gasteiger partial charge < -0.3 is 19.1 Å². The van der Waals surface area contributed by atoms with E-state index in [2.05, 4.69) is 0 Å². The van der Waals surface area contributed by atoms with Crippen molar-refractivity contribution >= 4 is 23.8 Å². The highest BCUT2D eigenvalue weighted by Gasteiger charge is 2.56. The predicted molar refractivity (Wildman–Crippen MR) is 149 cm³/mol. The smallest absolute Gasteiger partial charge is 0.420 e. The van der Waals surface area contributed by atoms with Crippen LogP contribution in [0.2, 0.25) is 0 Å². The Kier molecular flexibility index (Phi) is 8.06. The average molecular weight is 537 g/mol. The third-order valence-electron chi connectivity index (χ3n) is 6.64. The summed E-state index contributed by atoms with van der Waals surface area (Å²) in [6.45, 7) is -0.136. The molecule has 1 saturated heterocycles. The zero-order valence-electron chi connectivity index (χ0n) is 21.9. The summed E-state index contributed by atoms with van der Waals surface area (Å²) >= 11 is 0. The van der Waals surface area contributed by atoms with Crippen molar-refractivity contribution in [2.24, 2.45) is 0 Å². The van der Waals surface area contributed by atoms with E-state index >= 15 is 0 Å². The Morgan fingerprint density at radius 1 is 0.700 bits per heavy atom. The second-order valence-corrected chi connectivity index (χ2v) is 9.16. The van der Waals surface area contributed by atoms with Crippen molar-refractivity contribution in [3.05, 3.63) is 132 Å². The number of carbonyl (C=O) groups is 3. The SMILES string of the molecule is COc1ccc(N2C(=O)[C@@H](N(C(=O)OCc3ccccc3)C(=O)OCc3ccccc3)[C@H]2c2ccccc2)cc1. The Bertz CT molecular complexity index is 1390. The van der Waals surface area contributed by atoms with Gasteiger partial charge in [-0.15, -0.1) is 0 Å². The molecule has 1 fully saturated rings. The van der Waals surface area contributed by atoms with E-state index in [1.54, 1.807) is 60.5 Å². The second kappa shape index (κ2) is 12.2. The van der Waals surface area contributed by atoms with Crippen LogP contribution in [-0.4, -0.2) is 36.1 Å². The van der Waals surface area contributed by atoms with Crippen LogP contribution in [0.1, 0.15) is 22.7 Å². The number of hydrogen-bond acceptors (Lipinski definition) is 6. The molecule has 5 rings (SSSR count). The number of β-lactam (4-membered cyclic amide) rings is 1. The maximum atomic E-state index is 13.7. The lowest BCUT2D eigenvalue weighted by atomic mass is 9.86. The molecule has 8 heteroatoms. The molecule has 3 amide bonds. The fourth-order valence-electron chi connectivity index (χ4n) is 4.62. The molecular formula is C32H28N2O6. The first-order chi connectivity index (χ1) is 19.6. The number of amides is 3. The Balaban J connectivity index is 1.46. The van der Waals surface area contributed by atoms with Crippen molar-refractivity contribution in [3.8, 4) is 5.75 Å². The van der Waals surface area contributed by atoms with E-state index in [1.807, 2.05) is 66.7 Å². The van der Waals surface area contributed by atoms with E-state index in [0.717, 1.165) is 21.6 Å². The highest BCUT2D eigenvalue weighted by Crippen LogP contribution is 2.42. The minimum absolute atomic E-state index is 0.0682. The van der Waals surface area contributed by atoms with Crippen LogP contribution < -0.4 is 9.64 Å². The lowest BCUT2D eigenvalue weighted by Crippen LogP contribution is -2.68. The Hall–Kier alpha value is -5.11. The van der Waals surface area contributed by atoms with Crippen molar-refractivity contribution in [3.63, 3.8) is 0 Å². The van der Waals surface area contributed by atoms with E-state index in [0.29, 0.717) is 11.4 Å². The summed E-state index contributed by atoms with van der Waals surface area (Å²) in [7, 11) is 1.56. The van der Waals surface area contributed by atoms with E-state index < -0.39 is 30.2 Å². The Morgan fingerprint density at radius 2 is 1.18 bits per heavy atom. The highest BCUT2D eigenvalue weighted by molar-refractivity contribution is 6.09. The second-order valence-electron chi connectivity index (χ2n) is 9.16. The molecule has 4 aromatic rings. The van der Waals surface area contributed by atoms with Crippen LogP contribution in [0.15, 0.2) is 115 Å². The number of benzene rings is 4. The summed E-state index contributed by atoms with van der Waals surface area (Å²) in [5, 5.41) is 0. The Labute approximate surface area is 232 Å². The lowest BCUT2D eigenvalue weighted by Gasteiger charge is -2.49. The van der Waals surface area contributed by atoms with Gasteiger partial charge in [0.05, 0.1) is 13.2 Å². The van der Waals surface area contributed by atoms with Crippen molar-refractivity contribution in [1.29, 1.82) is 0 Å². The molecule has 0 radical (unpaired) electrons. The molecule has 4 aromatic carbocycles. The maximum absolute atomic E-state index is 13.7. The summed E-state index contributed by atoms with van der Waals surface area (Å²) in [5.41, 5.74) is 2.84. The molecule has 0 bridgehead atoms. The zero-order chi connectivity index (χ0) is 27.9. The molecule has 202 valence electrons. The molecule has 0 spiro atoms. The molecule has 0 aliphatic carbocycles. The summed E-state index contributed by atoms with van der Waals surface area (Å²) in [6, 6.07) is 32.6. The number of rotatable bonds is 8. The molecule has 2 atom stereocenters. The standard InChI is InChI=1S/C32H28N2O6/c1-38-27-19-17-26(18-20-27)33-28(25-15-9-4-10-16-25)29(30(33)35)34(31(36)39-21-23-11-5-2-6-12-23)32(37)40-22-24-13-7-3-8-14-24/h2-20,28-29H,21-22H2,1H3/t28-,29+/m1/s1. The number of anilines is 1. The fourth-order valence-corrected chi connectivity index (χ4v) is 4.62. The van der Waals surface area contributed by atoms with Gasteiger partial charge in [0.1, 0.15) is 19.0 Å². The van der Waals surface area contributed by atoms with Gasteiger partial charge >= 0.3 is 12.2 Å². The molecule has 0 saturated carbocycles. The summed E-state index contributed by atoms with van der Waals surface area (Å²) < 4.78 is 16.3. The molecule has 0 unspecified atom stereocenters. The van der Waals surface area contributed by atoms with Gasteiger partial charge in [0.15, 0.2) is 6.04 Å². The van der Waals surface area contributed by atoms with Crippen LogP contribution in [0.5, 0.6) is 5.75 Å². The Morgan fingerprint density at radius 3 is 1.65 bits per heavy atom. The maximum Gasteiger partial charge on any atom is 0.420 e. The van der Waals surface area contributed by atoms with E-state index in [-0.39, 0.29) is 13.2 Å². The topological polar surface area (TPSA) is 85.4 Å². The molecule has 0 N–H and O–H groups in total. The first-order valence-electron chi connectivity index (χ1n) is 12.8. The summed E-state index contributed by atoms with van der Waals surface area (Å²) in [4.78, 5) is 43.0. The monoisotopic (exact) mass is 536 g/mol. The number of methoxy groups -OCH3 is 1. The number of carbonyl (C=O) groups excluding carboxylic acids is 3.